The molecule has 2 heterocycles. The second-order valence-corrected chi connectivity index (χ2v) is 6.34. The van der Waals surface area contributed by atoms with Gasteiger partial charge < -0.3 is 14.2 Å². The van der Waals surface area contributed by atoms with Crippen molar-refractivity contribution in [3.05, 3.63) is 29.6 Å². The van der Waals surface area contributed by atoms with Crippen LogP contribution in [0.3, 0.4) is 0 Å². The zero-order valence-electron chi connectivity index (χ0n) is 11.9. The predicted molar refractivity (Wildman–Crippen MR) is 81.4 cm³/mol. The minimum absolute atomic E-state index is 0.0150. The maximum Gasteiger partial charge on any atom is 0.165 e. The van der Waals surface area contributed by atoms with E-state index in [4.69, 9.17) is 14.2 Å². The van der Waals surface area contributed by atoms with Crippen LogP contribution in [-0.2, 0) is 14.8 Å². The first-order valence-electron chi connectivity index (χ1n) is 7.43. The maximum absolute atomic E-state index is 14.0. The van der Waals surface area contributed by atoms with Crippen LogP contribution in [0.25, 0.3) is 0 Å². The van der Waals surface area contributed by atoms with Gasteiger partial charge in [-0.2, -0.15) is 0 Å². The SMILES string of the molecule is Fc1cc(CBr)ccc1OC1CCOC2(CCOCC2)C1. The average molecular weight is 359 g/mol. The van der Waals surface area contributed by atoms with Crippen molar-refractivity contribution >= 4 is 15.9 Å². The molecule has 3 rings (SSSR count). The Morgan fingerprint density at radius 3 is 2.81 bits per heavy atom. The van der Waals surface area contributed by atoms with E-state index in [1.54, 1.807) is 6.07 Å². The lowest BCUT2D eigenvalue weighted by molar-refractivity contribution is -0.155. The molecule has 2 saturated heterocycles. The number of hydrogen-bond donors (Lipinski definition) is 0. The molecular formula is C16H20BrFO3. The molecule has 1 unspecified atom stereocenters. The minimum atomic E-state index is -0.292. The molecule has 0 saturated carbocycles. The highest BCUT2D eigenvalue weighted by Gasteiger charge is 2.40. The fourth-order valence-corrected chi connectivity index (χ4v) is 3.43. The fourth-order valence-electron chi connectivity index (χ4n) is 3.08. The maximum atomic E-state index is 14.0. The largest absolute Gasteiger partial charge is 0.487 e. The van der Waals surface area contributed by atoms with Gasteiger partial charge in [0.25, 0.3) is 0 Å². The van der Waals surface area contributed by atoms with E-state index >= 15 is 0 Å². The minimum Gasteiger partial charge on any atom is -0.487 e. The first-order chi connectivity index (χ1) is 10.2. The van der Waals surface area contributed by atoms with E-state index in [2.05, 4.69) is 15.9 Å². The van der Waals surface area contributed by atoms with E-state index in [0.717, 1.165) is 44.5 Å². The van der Waals surface area contributed by atoms with E-state index in [0.29, 0.717) is 17.7 Å². The van der Waals surface area contributed by atoms with E-state index in [1.165, 1.54) is 6.07 Å². The predicted octanol–water partition coefficient (Wildman–Crippen LogP) is 3.83. The van der Waals surface area contributed by atoms with E-state index < -0.39 is 0 Å². The summed E-state index contributed by atoms with van der Waals surface area (Å²) < 4.78 is 31.3. The Kier molecular flexibility index (Phi) is 4.82. The molecule has 1 atom stereocenters. The third-order valence-electron chi connectivity index (χ3n) is 4.30. The van der Waals surface area contributed by atoms with E-state index in [9.17, 15) is 4.39 Å². The third-order valence-corrected chi connectivity index (χ3v) is 4.94. The zero-order chi connectivity index (χ0) is 14.7. The molecule has 0 N–H and O–H groups in total. The summed E-state index contributed by atoms with van der Waals surface area (Å²) in [6, 6.07) is 5.13. The lowest BCUT2D eigenvalue weighted by Gasteiger charge is -2.43. The third kappa shape index (κ3) is 3.58. The van der Waals surface area contributed by atoms with Crippen LogP contribution >= 0.6 is 15.9 Å². The van der Waals surface area contributed by atoms with Crippen LogP contribution < -0.4 is 4.74 Å². The van der Waals surface area contributed by atoms with Gasteiger partial charge in [-0.3, -0.25) is 0 Å². The fraction of sp³-hybridized carbons (Fsp3) is 0.625. The van der Waals surface area contributed by atoms with Crippen LogP contribution in [0.5, 0.6) is 5.75 Å². The molecule has 2 aliphatic rings. The molecule has 5 heteroatoms. The van der Waals surface area contributed by atoms with Crippen molar-refractivity contribution in [3.63, 3.8) is 0 Å². The molecule has 2 fully saturated rings. The Hall–Kier alpha value is -0.650. The van der Waals surface area contributed by atoms with Gasteiger partial charge in [0.2, 0.25) is 0 Å². The standard InChI is InChI=1S/C16H20BrFO3/c17-11-12-1-2-15(14(18)9-12)21-13-3-6-20-16(10-13)4-7-19-8-5-16/h1-2,9,13H,3-8,10-11H2. The van der Waals surface area contributed by atoms with Gasteiger partial charge in [-0.15, -0.1) is 0 Å². The molecule has 2 aliphatic heterocycles. The van der Waals surface area contributed by atoms with Crippen molar-refractivity contribution < 1.29 is 18.6 Å². The van der Waals surface area contributed by atoms with Crippen LogP contribution in [0.15, 0.2) is 18.2 Å². The van der Waals surface area contributed by atoms with Gasteiger partial charge in [-0.1, -0.05) is 22.0 Å². The lowest BCUT2D eigenvalue weighted by atomic mass is 9.85. The molecule has 0 aromatic heterocycles. The summed E-state index contributed by atoms with van der Waals surface area (Å²) in [7, 11) is 0. The molecule has 1 aromatic rings. The molecule has 1 spiro atoms. The van der Waals surface area contributed by atoms with E-state index in [-0.39, 0.29) is 17.5 Å². The number of hydrogen-bond acceptors (Lipinski definition) is 3. The zero-order valence-corrected chi connectivity index (χ0v) is 13.5. The molecule has 1 aromatic carbocycles. The normalized spacial score (nSPS) is 25.0. The van der Waals surface area contributed by atoms with Gasteiger partial charge in [0, 0.05) is 31.4 Å². The smallest absolute Gasteiger partial charge is 0.165 e. The van der Waals surface area contributed by atoms with Crippen LogP contribution in [-0.4, -0.2) is 31.5 Å². The van der Waals surface area contributed by atoms with E-state index in [1.807, 2.05) is 6.07 Å². The van der Waals surface area contributed by atoms with Crippen molar-refractivity contribution in [3.8, 4) is 5.75 Å². The summed E-state index contributed by atoms with van der Waals surface area (Å²) in [6.07, 6.45) is 3.44. The molecule has 3 nitrogen and oxygen atoms in total. The Morgan fingerprint density at radius 1 is 1.29 bits per heavy atom. The molecule has 0 bridgehead atoms. The van der Waals surface area contributed by atoms with Gasteiger partial charge in [-0.05, 0) is 30.5 Å². The Morgan fingerprint density at radius 2 is 2.10 bits per heavy atom. The van der Waals surface area contributed by atoms with Crippen molar-refractivity contribution in [1.82, 2.24) is 0 Å². The monoisotopic (exact) mass is 358 g/mol. The summed E-state index contributed by atoms with van der Waals surface area (Å²) in [5.41, 5.74) is 0.778. The first kappa shape index (κ1) is 15.3. The van der Waals surface area contributed by atoms with Crippen LogP contribution in [0.1, 0.15) is 31.2 Å². The van der Waals surface area contributed by atoms with Crippen molar-refractivity contribution in [2.75, 3.05) is 19.8 Å². The number of benzene rings is 1. The average Bonchev–Trinajstić information content (AvgIpc) is 2.50. The topological polar surface area (TPSA) is 27.7 Å². The molecule has 21 heavy (non-hydrogen) atoms. The highest BCUT2D eigenvalue weighted by Crippen LogP contribution is 2.36. The van der Waals surface area contributed by atoms with Crippen LogP contribution in [0.4, 0.5) is 4.39 Å². The molecular weight excluding hydrogens is 339 g/mol. The van der Waals surface area contributed by atoms with Gasteiger partial charge >= 0.3 is 0 Å². The highest BCUT2D eigenvalue weighted by molar-refractivity contribution is 9.08. The van der Waals surface area contributed by atoms with Crippen molar-refractivity contribution in [1.29, 1.82) is 0 Å². The number of rotatable bonds is 3. The van der Waals surface area contributed by atoms with Gasteiger partial charge in [0.05, 0.1) is 12.2 Å². The van der Waals surface area contributed by atoms with Gasteiger partial charge in [-0.25, -0.2) is 4.39 Å². The Balaban J connectivity index is 1.67. The molecule has 0 aliphatic carbocycles. The molecule has 0 radical (unpaired) electrons. The molecule has 0 amide bonds. The number of ether oxygens (including phenoxy) is 3. The Labute approximate surface area is 132 Å². The molecule has 116 valence electrons. The summed E-state index contributed by atoms with van der Waals surface area (Å²) in [4.78, 5) is 0. The Bertz CT molecular complexity index is 483. The quantitative estimate of drug-likeness (QED) is 0.768. The van der Waals surface area contributed by atoms with Crippen molar-refractivity contribution in [2.24, 2.45) is 0 Å². The summed E-state index contributed by atoms with van der Waals surface area (Å²) in [5, 5.41) is 0.643. The van der Waals surface area contributed by atoms with Crippen LogP contribution in [0, 0.1) is 5.82 Å². The first-order valence-corrected chi connectivity index (χ1v) is 8.56. The number of alkyl halides is 1. The second-order valence-electron chi connectivity index (χ2n) is 5.77. The summed E-state index contributed by atoms with van der Waals surface area (Å²) >= 11 is 3.33. The summed E-state index contributed by atoms with van der Waals surface area (Å²) in [6.45, 7) is 2.15. The lowest BCUT2D eigenvalue weighted by Crippen LogP contribution is -2.47. The number of halogens is 2. The van der Waals surface area contributed by atoms with Crippen LogP contribution in [0.2, 0.25) is 0 Å². The van der Waals surface area contributed by atoms with Crippen molar-refractivity contribution in [2.45, 2.75) is 42.7 Å². The highest BCUT2D eigenvalue weighted by atomic mass is 79.9. The van der Waals surface area contributed by atoms with Gasteiger partial charge in [0.15, 0.2) is 11.6 Å². The second kappa shape index (κ2) is 6.63. The van der Waals surface area contributed by atoms with Gasteiger partial charge in [0.1, 0.15) is 6.10 Å². The summed E-state index contributed by atoms with van der Waals surface area (Å²) in [5.74, 6) is 0.0493.